The van der Waals surface area contributed by atoms with Crippen LogP contribution in [0.2, 0.25) is 0 Å². The van der Waals surface area contributed by atoms with Crippen molar-refractivity contribution in [3.05, 3.63) is 47.1 Å². The van der Waals surface area contributed by atoms with E-state index in [1.165, 1.54) is 11.1 Å². The smallest absolute Gasteiger partial charge is 0.223 e. The van der Waals surface area contributed by atoms with Gasteiger partial charge in [-0.1, -0.05) is 29.4 Å². The minimum atomic E-state index is -0.0924. The minimum Gasteiger partial charge on any atom is -0.367 e. The topological polar surface area (TPSA) is 51.4 Å². The van der Waals surface area contributed by atoms with Gasteiger partial charge in [0.25, 0.3) is 0 Å². The van der Waals surface area contributed by atoms with Crippen molar-refractivity contribution in [1.29, 1.82) is 0 Å². The Bertz CT molecular complexity index is 582. The maximum absolute atomic E-state index is 5.75. The first kappa shape index (κ1) is 13.3. The van der Waals surface area contributed by atoms with E-state index in [4.69, 9.17) is 9.26 Å². The summed E-state index contributed by atoms with van der Waals surface area (Å²) in [4.78, 5) is 6.64. The number of benzene rings is 1. The molecule has 1 aromatic carbocycles. The third-order valence-corrected chi connectivity index (χ3v) is 3.64. The Kier molecular flexibility index (Phi) is 3.80. The largest absolute Gasteiger partial charge is 0.367 e. The van der Waals surface area contributed by atoms with Crippen molar-refractivity contribution in [2.24, 2.45) is 0 Å². The Hall–Kier alpha value is -1.72. The molecule has 2 heterocycles. The van der Waals surface area contributed by atoms with Crippen LogP contribution in [-0.4, -0.2) is 34.7 Å². The fourth-order valence-electron chi connectivity index (χ4n) is 2.48. The van der Waals surface area contributed by atoms with Gasteiger partial charge in [0.2, 0.25) is 11.7 Å². The summed E-state index contributed by atoms with van der Waals surface area (Å²) < 4.78 is 10.8. The molecule has 0 N–H and O–H groups in total. The third kappa shape index (κ3) is 2.89. The lowest BCUT2D eigenvalue weighted by Crippen LogP contribution is -2.38. The summed E-state index contributed by atoms with van der Waals surface area (Å²) >= 11 is 0. The van der Waals surface area contributed by atoms with Crippen molar-refractivity contribution in [2.75, 3.05) is 19.7 Å². The van der Waals surface area contributed by atoms with Crippen molar-refractivity contribution in [2.45, 2.75) is 26.5 Å². The summed E-state index contributed by atoms with van der Waals surface area (Å²) in [5.41, 5.74) is 2.68. The number of ether oxygens (including phenoxy) is 1. The molecule has 1 saturated heterocycles. The summed E-state index contributed by atoms with van der Waals surface area (Å²) in [6.45, 7) is 7.31. The second kappa shape index (κ2) is 5.73. The van der Waals surface area contributed by atoms with E-state index in [1.807, 2.05) is 0 Å². The summed E-state index contributed by atoms with van der Waals surface area (Å²) in [6.07, 6.45) is -0.0924. The van der Waals surface area contributed by atoms with Crippen molar-refractivity contribution in [3.8, 4) is 0 Å². The lowest BCUT2D eigenvalue weighted by atomic mass is 10.1. The lowest BCUT2D eigenvalue weighted by Gasteiger charge is -2.31. The number of aryl methyl sites for hydroxylation is 2. The van der Waals surface area contributed by atoms with Crippen molar-refractivity contribution in [3.63, 3.8) is 0 Å². The average molecular weight is 273 g/mol. The fraction of sp³-hybridized carbons (Fsp3) is 0.467. The summed E-state index contributed by atoms with van der Waals surface area (Å²) in [5, 5.41) is 3.96. The molecule has 0 aliphatic carbocycles. The lowest BCUT2D eigenvalue weighted by molar-refractivity contribution is -0.0381. The van der Waals surface area contributed by atoms with Gasteiger partial charge in [0.1, 0.15) is 6.10 Å². The first-order valence-electron chi connectivity index (χ1n) is 6.91. The standard InChI is InChI=1S/C15H19N3O2/c1-11-5-3-4-6-13(11)9-18-7-8-19-14(10-18)15-16-12(2)20-17-15/h3-6,14H,7-10H2,1-2H3. The highest BCUT2D eigenvalue weighted by Gasteiger charge is 2.25. The van der Waals surface area contributed by atoms with Gasteiger partial charge in [-0.15, -0.1) is 0 Å². The molecule has 0 spiro atoms. The molecule has 106 valence electrons. The average Bonchev–Trinajstić information content (AvgIpc) is 2.89. The van der Waals surface area contributed by atoms with Gasteiger partial charge in [-0.3, -0.25) is 4.90 Å². The molecule has 3 rings (SSSR count). The monoisotopic (exact) mass is 273 g/mol. The van der Waals surface area contributed by atoms with Crippen molar-refractivity contribution in [1.82, 2.24) is 15.0 Å². The van der Waals surface area contributed by atoms with Crippen LogP contribution in [0.25, 0.3) is 0 Å². The summed E-state index contributed by atoms with van der Waals surface area (Å²) in [5.74, 6) is 1.23. The molecule has 1 fully saturated rings. The van der Waals surface area contributed by atoms with Crippen LogP contribution in [0.1, 0.15) is 28.9 Å². The molecule has 1 atom stereocenters. The molecule has 20 heavy (non-hydrogen) atoms. The quantitative estimate of drug-likeness (QED) is 0.858. The molecular formula is C15H19N3O2. The zero-order chi connectivity index (χ0) is 13.9. The molecular weight excluding hydrogens is 254 g/mol. The predicted octanol–water partition coefficient (Wildman–Crippen LogP) is 2.26. The van der Waals surface area contributed by atoms with Crippen molar-refractivity contribution >= 4 is 0 Å². The Morgan fingerprint density at radius 2 is 2.15 bits per heavy atom. The normalized spacial score (nSPS) is 20.2. The molecule has 2 aromatic rings. The van der Waals surface area contributed by atoms with Gasteiger partial charge >= 0.3 is 0 Å². The molecule has 1 unspecified atom stereocenters. The van der Waals surface area contributed by atoms with E-state index in [0.717, 1.165) is 19.6 Å². The molecule has 5 nitrogen and oxygen atoms in total. The third-order valence-electron chi connectivity index (χ3n) is 3.64. The number of morpholine rings is 1. The van der Waals surface area contributed by atoms with Crippen LogP contribution in [0.4, 0.5) is 0 Å². The maximum Gasteiger partial charge on any atom is 0.223 e. The zero-order valence-corrected chi connectivity index (χ0v) is 11.9. The van der Waals surface area contributed by atoms with Gasteiger partial charge in [-0.05, 0) is 18.1 Å². The van der Waals surface area contributed by atoms with Gasteiger partial charge in [-0.25, -0.2) is 0 Å². The minimum absolute atomic E-state index is 0.0924. The number of nitrogens with zero attached hydrogens (tertiary/aromatic N) is 3. The molecule has 0 saturated carbocycles. The van der Waals surface area contributed by atoms with Crippen molar-refractivity contribution < 1.29 is 9.26 Å². The molecule has 1 aliphatic heterocycles. The zero-order valence-electron chi connectivity index (χ0n) is 11.9. The van der Waals surface area contributed by atoms with Crippen LogP contribution >= 0.6 is 0 Å². The number of rotatable bonds is 3. The summed E-state index contributed by atoms with van der Waals surface area (Å²) in [7, 11) is 0. The van der Waals surface area contributed by atoms with Crippen LogP contribution in [0.5, 0.6) is 0 Å². The van der Waals surface area contributed by atoms with Crippen LogP contribution < -0.4 is 0 Å². The van der Waals surface area contributed by atoms with E-state index in [0.29, 0.717) is 18.3 Å². The van der Waals surface area contributed by atoms with E-state index >= 15 is 0 Å². The van der Waals surface area contributed by atoms with Gasteiger partial charge in [-0.2, -0.15) is 4.98 Å². The molecule has 0 radical (unpaired) electrons. The molecule has 0 bridgehead atoms. The molecule has 1 aliphatic rings. The molecule has 5 heteroatoms. The van der Waals surface area contributed by atoms with Crippen LogP contribution in [0, 0.1) is 13.8 Å². The van der Waals surface area contributed by atoms with E-state index < -0.39 is 0 Å². The SMILES string of the molecule is Cc1nc(C2CN(Cc3ccccc3C)CCO2)no1. The second-order valence-electron chi connectivity index (χ2n) is 5.19. The fourth-order valence-corrected chi connectivity index (χ4v) is 2.48. The highest BCUT2D eigenvalue weighted by Crippen LogP contribution is 2.21. The molecule has 1 aromatic heterocycles. The number of aromatic nitrogens is 2. The van der Waals surface area contributed by atoms with Crippen LogP contribution in [-0.2, 0) is 11.3 Å². The first-order chi connectivity index (χ1) is 9.72. The Labute approximate surface area is 118 Å². The maximum atomic E-state index is 5.75. The van der Waals surface area contributed by atoms with Gasteiger partial charge in [0, 0.05) is 26.6 Å². The van der Waals surface area contributed by atoms with E-state index in [1.54, 1.807) is 6.92 Å². The van der Waals surface area contributed by atoms with E-state index in [2.05, 4.69) is 46.2 Å². The van der Waals surface area contributed by atoms with Crippen LogP contribution in [0.3, 0.4) is 0 Å². The van der Waals surface area contributed by atoms with Gasteiger partial charge < -0.3 is 9.26 Å². The van der Waals surface area contributed by atoms with Crippen LogP contribution in [0.15, 0.2) is 28.8 Å². The highest BCUT2D eigenvalue weighted by atomic mass is 16.5. The molecule has 0 amide bonds. The van der Waals surface area contributed by atoms with Gasteiger partial charge in [0.05, 0.1) is 6.61 Å². The number of hydrogen-bond acceptors (Lipinski definition) is 5. The van der Waals surface area contributed by atoms with E-state index in [9.17, 15) is 0 Å². The van der Waals surface area contributed by atoms with Gasteiger partial charge in [0.15, 0.2) is 0 Å². The predicted molar refractivity (Wildman–Crippen MR) is 74.2 cm³/mol. The Balaban J connectivity index is 1.68. The summed E-state index contributed by atoms with van der Waals surface area (Å²) in [6, 6.07) is 8.49. The second-order valence-corrected chi connectivity index (χ2v) is 5.19. The Morgan fingerprint density at radius 3 is 2.90 bits per heavy atom. The van der Waals surface area contributed by atoms with E-state index in [-0.39, 0.29) is 6.10 Å². The first-order valence-corrected chi connectivity index (χ1v) is 6.91. The highest BCUT2D eigenvalue weighted by molar-refractivity contribution is 5.25. The Morgan fingerprint density at radius 1 is 1.30 bits per heavy atom. The number of hydrogen-bond donors (Lipinski definition) is 0.